The minimum absolute atomic E-state index is 0.472. The molecule has 3 aromatic heterocycles. The first-order valence-electron chi connectivity index (χ1n) is 10.2. The Morgan fingerprint density at radius 3 is 2.81 bits per heavy atom. The zero-order chi connectivity index (χ0) is 18.1. The molecule has 3 aromatic rings. The van der Waals surface area contributed by atoms with Crippen LogP contribution in [0.3, 0.4) is 0 Å². The van der Waals surface area contributed by atoms with Gasteiger partial charge in [0.1, 0.15) is 5.82 Å². The first kappa shape index (κ1) is 17.3. The highest BCUT2D eigenvalue weighted by atomic mass is 32.1. The number of rotatable bonds is 5. The fourth-order valence-electron chi connectivity index (χ4n) is 4.56. The van der Waals surface area contributed by atoms with E-state index in [1.807, 2.05) is 23.5 Å². The summed E-state index contributed by atoms with van der Waals surface area (Å²) >= 11 is 1.93. The summed E-state index contributed by atoms with van der Waals surface area (Å²) in [6, 6.07) is 8.55. The summed E-state index contributed by atoms with van der Waals surface area (Å²) in [5.74, 6) is 1.59. The summed E-state index contributed by atoms with van der Waals surface area (Å²) in [5.41, 5.74) is 2.45. The molecule has 2 aliphatic heterocycles. The molecule has 0 saturated carbocycles. The number of pyridine rings is 1. The predicted octanol–water partition coefficient (Wildman–Crippen LogP) is 3.77. The van der Waals surface area contributed by atoms with Crippen molar-refractivity contribution in [3.05, 3.63) is 52.1 Å². The Hall–Kier alpha value is -1.76. The van der Waals surface area contributed by atoms with E-state index in [2.05, 4.69) is 48.1 Å². The number of fused-ring (bicyclic) bond motifs is 1. The van der Waals surface area contributed by atoms with Crippen molar-refractivity contribution in [1.29, 1.82) is 0 Å². The fraction of sp³-hybridized carbons (Fsp3) is 0.524. The topological polar surface area (TPSA) is 36.7 Å². The number of likely N-dealkylation sites (tertiary alicyclic amines) is 2. The third-order valence-corrected chi connectivity index (χ3v) is 6.87. The van der Waals surface area contributed by atoms with Gasteiger partial charge in [0, 0.05) is 36.6 Å². The van der Waals surface area contributed by atoms with Gasteiger partial charge < -0.3 is 0 Å². The zero-order valence-corrected chi connectivity index (χ0v) is 16.6. The minimum atomic E-state index is 0.472. The van der Waals surface area contributed by atoms with Crippen LogP contribution in [0.4, 0.5) is 0 Å². The molecular weight excluding hydrogens is 354 g/mol. The first-order chi connectivity index (χ1) is 13.3. The smallest absolute Gasteiger partial charge is 0.160 e. The molecule has 0 bridgehead atoms. The third-order valence-electron chi connectivity index (χ3n) is 5.90. The van der Waals surface area contributed by atoms with Crippen molar-refractivity contribution in [2.24, 2.45) is 0 Å². The maximum absolute atomic E-state index is 4.51. The van der Waals surface area contributed by atoms with Gasteiger partial charge in [-0.1, -0.05) is 6.07 Å². The maximum Gasteiger partial charge on any atom is 0.160 e. The Bertz CT molecular complexity index is 895. The Labute approximate surface area is 164 Å². The molecule has 0 aromatic carbocycles. The molecule has 0 radical (unpaired) electrons. The van der Waals surface area contributed by atoms with E-state index in [1.165, 1.54) is 55.8 Å². The Morgan fingerprint density at radius 2 is 1.89 bits per heavy atom. The summed E-state index contributed by atoms with van der Waals surface area (Å²) < 4.78 is 2.16. The lowest BCUT2D eigenvalue weighted by molar-refractivity contribution is 0.197. The second-order valence-corrected chi connectivity index (χ2v) is 8.96. The van der Waals surface area contributed by atoms with Gasteiger partial charge in [-0.2, -0.15) is 0 Å². The standard InChI is InChI=1S/C21H27N5S/c1-2-11-26-20(7-1)22-23-21(26)18-6-5-10-25(14-18)15-19-12-17(16-27-19)13-24-8-3-4-9-24/h1-2,7,11-12,16,18H,3-6,8-10,13-15H2. The van der Waals surface area contributed by atoms with Crippen LogP contribution in [-0.4, -0.2) is 50.6 Å². The highest BCUT2D eigenvalue weighted by Crippen LogP contribution is 2.28. The van der Waals surface area contributed by atoms with E-state index >= 15 is 0 Å². The lowest BCUT2D eigenvalue weighted by Gasteiger charge is -2.31. The van der Waals surface area contributed by atoms with Crippen LogP contribution in [0.2, 0.25) is 0 Å². The number of hydrogen-bond acceptors (Lipinski definition) is 5. The molecule has 2 saturated heterocycles. The van der Waals surface area contributed by atoms with Crippen molar-refractivity contribution in [2.45, 2.75) is 44.7 Å². The number of hydrogen-bond donors (Lipinski definition) is 0. The van der Waals surface area contributed by atoms with E-state index in [0.29, 0.717) is 5.92 Å². The average Bonchev–Trinajstić information content (AvgIpc) is 3.44. The van der Waals surface area contributed by atoms with Crippen LogP contribution in [0.25, 0.3) is 5.65 Å². The van der Waals surface area contributed by atoms with Crippen LogP contribution in [0.1, 0.15) is 47.9 Å². The van der Waals surface area contributed by atoms with Gasteiger partial charge in [0.25, 0.3) is 0 Å². The van der Waals surface area contributed by atoms with Gasteiger partial charge in [0.05, 0.1) is 0 Å². The lowest BCUT2D eigenvalue weighted by atomic mass is 9.97. The summed E-state index contributed by atoms with van der Waals surface area (Å²) in [6.07, 6.45) is 7.26. The van der Waals surface area contributed by atoms with Gasteiger partial charge in [-0.3, -0.25) is 14.2 Å². The molecule has 0 aliphatic carbocycles. The molecule has 142 valence electrons. The van der Waals surface area contributed by atoms with E-state index in [-0.39, 0.29) is 0 Å². The number of nitrogens with zero attached hydrogens (tertiary/aromatic N) is 5. The quantitative estimate of drug-likeness (QED) is 0.674. The van der Waals surface area contributed by atoms with Gasteiger partial charge in [-0.25, -0.2) is 0 Å². The first-order valence-corrected chi connectivity index (χ1v) is 11.0. The van der Waals surface area contributed by atoms with Crippen LogP contribution >= 0.6 is 11.3 Å². The molecule has 5 rings (SSSR count). The molecule has 0 N–H and O–H groups in total. The van der Waals surface area contributed by atoms with Gasteiger partial charge in [0.15, 0.2) is 5.65 Å². The summed E-state index contributed by atoms with van der Waals surface area (Å²) in [4.78, 5) is 6.68. The zero-order valence-electron chi connectivity index (χ0n) is 15.8. The minimum Gasteiger partial charge on any atom is -0.299 e. The van der Waals surface area contributed by atoms with Gasteiger partial charge in [0.2, 0.25) is 0 Å². The Kier molecular flexibility index (Phi) is 4.95. The number of aromatic nitrogens is 3. The van der Waals surface area contributed by atoms with Crippen LogP contribution in [-0.2, 0) is 13.1 Å². The second kappa shape index (κ2) is 7.70. The SMILES string of the molecule is c1ccn2c(C3CCCN(Cc4cc(CN5CCCC5)cs4)C3)nnc2c1. The third kappa shape index (κ3) is 3.79. The van der Waals surface area contributed by atoms with Crippen LogP contribution in [0.5, 0.6) is 0 Å². The summed E-state index contributed by atoms with van der Waals surface area (Å²) in [5, 5.41) is 11.2. The van der Waals surface area contributed by atoms with Crippen molar-refractivity contribution in [3.8, 4) is 0 Å². The van der Waals surface area contributed by atoms with Gasteiger partial charge in [-0.05, 0) is 74.5 Å². The lowest BCUT2D eigenvalue weighted by Crippen LogP contribution is -2.34. The largest absolute Gasteiger partial charge is 0.299 e. The molecule has 1 atom stereocenters. The monoisotopic (exact) mass is 381 g/mol. The summed E-state index contributed by atoms with van der Waals surface area (Å²) in [6.45, 7) is 7.00. The van der Waals surface area contributed by atoms with Gasteiger partial charge in [-0.15, -0.1) is 21.5 Å². The fourth-order valence-corrected chi connectivity index (χ4v) is 5.48. The normalized spacial score (nSPS) is 22.0. The van der Waals surface area contributed by atoms with Crippen molar-refractivity contribution in [2.75, 3.05) is 26.2 Å². The molecular formula is C21H27N5S. The van der Waals surface area contributed by atoms with E-state index in [0.717, 1.165) is 31.1 Å². The molecule has 0 spiro atoms. The average molecular weight is 382 g/mol. The molecule has 6 heteroatoms. The molecule has 27 heavy (non-hydrogen) atoms. The van der Waals surface area contributed by atoms with Crippen LogP contribution < -0.4 is 0 Å². The predicted molar refractivity (Wildman–Crippen MR) is 109 cm³/mol. The van der Waals surface area contributed by atoms with Crippen molar-refractivity contribution in [3.63, 3.8) is 0 Å². The summed E-state index contributed by atoms with van der Waals surface area (Å²) in [7, 11) is 0. The van der Waals surface area contributed by atoms with E-state index in [1.54, 1.807) is 0 Å². The highest BCUT2D eigenvalue weighted by Gasteiger charge is 2.25. The molecule has 5 heterocycles. The second-order valence-electron chi connectivity index (χ2n) is 7.97. The van der Waals surface area contributed by atoms with Crippen molar-refractivity contribution >= 4 is 17.0 Å². The molecule has 2 fully saturated rings. The highest BCUT2D eigenvalue weighted by molar-refractivity contribution is 7.10. The molecule has 1 unspecified atom stereocenters. The van der Waals surface area contributed by atoms with Crippen LogP contribution in [0, 0.1) is 0 Å². The maximum atomic E-state index is 4.51. The Balaban J connectivity index is 1.24. The van der Waals surface area contributed by atoms with Crippen molar-refractivity contribution < 1.29 is 0 Å². The van der Waals surface area contributed by atoms with E-state index in [4.69, 9.17) is 0 Å². The molecule has 2 aliphatic rings. The van der Waals surface area contributed by atoms with E-state index in [9.17, 15) is 0 Å². The number of thiophene rings is 1. The molecule has 5 nitrogen and oxygen atoms in total. The van der Waals surface area contributed by atoms with Crippen molar-refractivity contribution in [1.82, 2.24) is 24.4 Å². The van der Waals surface area contributed by atoms with Crippen LogP contribution in [0.15, 0.2) is 35.8 Å². The Morgan fingerprint density at radius 1 is 1.00 bits per heavy atom. The van der Waals surface area contributed by atoms with Gasteiger partial charge >= 0.3 is 0 Å². The number of piperidine rings is 1. The van der Waals surface area contributed by atoms with E-state index < -0.39 is 0 Å². The molecule has 0 amide bonds.